The summed E-state index contributed by atoms with van der Waals surface area (Å²) in [5.74, 6) is -0.419. The normalized spacial score (nSPS) is 25.5. The van der Waals surface area contributed by atoms with Gasteiger partial charge in [0.15, 0.2) is 6.23 Å². The summed E-state index contributed by atoms with van der Waals surface area (Å²) in [4.78, 5) is 20.3. The smallest absolute Gasteiger partial charge is 0.245 e. The summed E-state index contributed by atoms with van der Waals surface area (Å²) in [6.45, 7) is 2.56. The minimum Gasteiger partial charge on any atom is -0.394 e. The van der Waals surface area contributed by atoms with Crippen molar-refractivity contribution in [1.29, 1.82) is 5.26 Å². The maximum Gasteiger partial charge on any atom is 0.245 e. The lowest BCUT2D eigenvalue weighted by Gasteiger charge is -2.18. The van der Waals surface area contributed by atoms with Gasteiger partial charge in [0.05, 0.1) is 23.1 Å². The molecule has 144 valence electrons. The van der Waals surface area contributed by atoms with E-state index in [2.05, 4.69) is 15.3 Å². The molecular weight excluding hydrogens is 356 g/mol. The molecule has 0 saturated carbocycles. The number of amides is 1. The zero-order valence-corrected chi connectivity index (χ0v) is 14.7. The number of aliphatic hydroxyl groups is 3. The van der Waals surface area contributed by atoms with Crippen LogP contribution in [0.4, 0.5) is 5.82 Å². The quantitative estimate of drug-likeness (QED) is 0.428. The Morgan fingerprint density at radius 2 is 2.15 bits per heavy atom. The van der Waals surface area contributed by atoms with E-state index in [9.17, 15) is 25.4 Å². The van der Waals surface area contributed by atoms with Gasteiger partial charge in [0, 0.05) is 6.20 Å². The van der Waals surface area contributed by atoms with Gasteiger partial charge in [-0.1, -0.05) is 0 Å². The number of carbonyl (C=O) groups is 1. The van der Waals surface area contributed by atoms with Crippen LogP contribution in [0.15, 0.2) is 12.5 Å². The van der Waals surface area contributed by atoms with Crippen molar-refractivity contribution in [2.24, 2.45) is 5.73 Å². The van der Waals surface area contributed by atoms with Gasteiger partial charge in [0.1, 0.15) is 42.2 Å². The first-order valence-corrected chi connectivity index (χ1v) is 8.17. The first-order chi connectivity index (χ1) is 12.7. The van der Waals surface area contributed by atoms with Crippen LogP contribution in [0, 0.1) is 11.3 Å². The summed E-state index contributed by atoms with van der Waals surface area (Å²) < 4.78 is 6.86. The molecule has 11 heteroatoms. The largest absolute Gasteiger partial charge is 0.394 e. The maximum atomic E-state index is 12.2. The van der Waals surface area contributed by atoms with Gasteiger partial charge in [0.25, 0.3) is 0 Å². The number of fused-ring (bicyclic) bond motifs is 1. The summed E-state index contributed by atoms with van der Waals surface area (Å²) >= 11 is 0. The van der Waals surface area contributed by atoms with E-state index in [0.29, 0.717) is 0 Å². The molecule has 1 saturated heterocycles. The Labute approximate surface area is 154 Å². The summed E-state index contributed by atoms with van der Waals surface area (Å²) in [5, 5.41) is 41.8. The van der Waals surface area contributed by atoms with Crippen molar-refractivity contribution >= 4 is 22.8 Å². The van der Waals surface area contributed by atoms with Crippen LogP contribution in [0.1, 0.15) is 25.6 Å². The molecule has 11 nitrogen and oxygen atoms in total. The number of nitriles is 1. The second kappa shape index (κ2) is 6.84. The zero-order valence-electron chi connectivity index (χ0n) is 14.7. The molecule has 1 aliphatic rings. The monoisotopic (exact) mass is 376 g/mol. The van der Waals surface area contributed by atoms with Gasteiger partial charge in [-0.05, 0) is 13.8 Å². The number of aromatic nitrogens is 3. The Hall–Kier alpha value is -2.62. The molecule has 2 aromatic heterocycles. The standard InChI is InChI=1S/C16H20N6O5/c1-16(2,18)15(26)21-12-9-7(3-17)4-22(13(9)20-6-19-12)14-11(25)10(24)8(5-23)27-14/h4,6,8,10-11,14,23-25H,5,18H2,1-2H3,(H,19,20,21,26)/t8-,10?,11+,14-/m1/s1. The average molecular weight is 376 g/mol. The van der Waals surface area contributed by atoms with Crippen molar-refractivity contribution in [3.05, 3.63) is 18.1 Å². The summed E-state index contributed by atoms with van der Waals surface area (Å²) in [6, 6.07) is 1.99. The average Bonchev–Trinajstić information content (AvgIpc) is 3.13. The van der Waals surface area contributed by atoms with Crippen LogP contribution in [0.2, 0.25) is 0 Å². The molecule has 0 spiro atoms. The molecule has 0 radical (unpaired) electrons. The molecule has 4 atom stereocenters. The summed E-state index contributed by atoms with van der Waals surface area (Å²) in [6.07, 6.45) is -2.15. The Balaban J connectivity index is 2.09. The molecule has 3 heterocycles. The number of nitrogens with two attached hydrogens (primary N) is 1. The molecular formula is C16H20N6O5. The van der Waals surface area contributed by atoms with Crippen molar-refractivity contribution < 1.29 is 24.9 Å². The fourth-order valence-corrected chi connectivity index (χ4v) is 2.84. The Bertz CT molecular complexity index is 914. The van der Waals surface area contributed by atoms with Crippen LogP contribution in [0.25, 0.3) is 11.0 Å². The Morgan fingerprint density at radius 1 is 1.44 bits per heavy atom. The molecule has 3 rings (SSSR count). The molecule has 1 amide bonds. The number of ether oxygens (including phenoxy) is 1. The molecule has 1 unspecified atom stereocenters. The molecule has 6 N–H and O–H groups in total. The number of nitrogens with one attached hydrogen (secondary N) is 1. The summed E-state index contributed by atoms with van der Waals surface area (Å²) in [5.41, 5.74) is 4.95. The van der Waals surface area contributed by atoms with E-state index in [4.69, 9.17) is 10.5 Å². The van der Waals surface area contributed by atoms with E-state index in [1.54, 1.807) is 0 Å². The highest BCUT2D eigenvalue weighted by Crippen LogP contribution is 2.34. The van der Waals surface area contributed by atoms with Gasteiger partial charge >= 0.3 is 0 Å². The summed E-state index contributed by atoms with van der Waals surface area (Å²) in [7, 11) is 0. The van der Waals surface area contributed by atoms with E-state index in [1.165, 1.54) is 30.9 Å². The number of hydrogen-bond acceptors (Lipinski definition) is 9. The van der Waals surface area contributed by atoms with Gasteiger partial charge in [-0.25, -0.2) is 9.97 Å². The highest BCUT2D eigenvalue weighted by atomic mass is 16.6. The number of nitrogens with zero attached hydrogens (tertiary/aromatic N) is 4. The molecule has 0 aliphatic carbocycles. The topological polar surface area (TPSA) is 180 Å². The highest BCUT2D eigenvalue weighted by molar-refractivity contribution is 6.04. The van der Waals surface area contributed by atoms with Crippen LogP contribution in [0.3, 0.4) is 0 Å². The van der Waals surface area contributed by atoms with Crippen molar-refractivity contribution in [2.75, 3.05) is 11.9 Å². The molecule has 1 fully saturated rings. The number of carbonyl (C=O) groups excluding carboxylic acids is 1. The van der Waals surface area contributed by atoms with E-state index >= 15 is 0 Å². The number of anilines is 1. The van der Waals surface area contributed by atoms with E-state index in [0.717, 1.165) is 0 Å². The number of hydrogen-bond donors (Lipinski definition) is 5. The van der Waals surface area contributed by atoms with Gasteiger partial charge in [-0.3, -0.25) is 4.79 Å². The zero-order chi connectivity index (χ0) is 19.9. The van der Waals surface area contributed by atoms with Gasteiger partial charge < -0.3 is 35.7 Å². The fourth-order valence-electron chi connectivity index (χ4n) is 2.84. The van der Waals surface area contributed by atoms with Gasteiger partial charge in [0.2, 0.25) is 5.91 Å². The molecule has 0 aromatic carbocycles. The van der Waals surface area contributed by atoms with Crippen molar-refractivity contribution in [2.45, 2.75) is 43.9 Å². The van der Waals surface area contributed by atoms with Crippen LogP contribution in [-0.2, 0) is 9.53 Å². The first kappa shape index (κ1) is 19.2. The van der Waals surface area contributed by atoms with Gasteiger partial charge in [-0.15, -0.1) is 0 Å². The Kier molecular flexibility index (Phi) is 4.85. The lowest BCUT2D eigenvalue weighted by atomic mass is 10.1. The van der Waals surface area contributed by atoms with Crippen molar-refractivity contribution in [3.63, 3.8) is 0 Å². The van der Waals surface area contributed by atoms with Crippen molar-refractivity contribution in [3.8, 4) is 6.07 Å². The SMILES string of the molecule is CC(C)(N)C(=O)Nc1ncnc2c1c(C#N)cn2[C@@H]1O[C@H](CO)C(O)[C@@H]1O. The molecule has 27 heavy (non-hydrogen) atoms. The lowest BCUT2D eigenvalue weighted by molar-refractivity contribution is -0.120. The fraction of sp³-hybridized carbons (Fsp3) is 0.500. The molecule has 2 aromatic rings. The van der Waals surface area contributed by atoms with E-state index in [-0.39, 0.29) is 22.4 Å². The number of aliphatic hydroxyl groups excluding tert-OH is 3. The maximum absolute atomic E-state index is 12.2. The van der Waals surface area contributed by atoms with Gasteiger partial charge in [-0.2, -0.15) is 5.26 Å². The van der Waals surface area contributed by atoms with Crippen LogP contribution in [-0.4, -0.2) is 66.2 Å². The third kappa shape index (κ3) is 3.25. The number of rotatable bonds is 4. The first-order valence-electron chi connectivity index (χ1n) is 8.17. The van der Waals surface area contributed by atoms with Crippen molar-refractivity contribution in [1.82, 2.24) is 14.5 Å². The van der Waals surface area contributed by atoms with Crippen LogP contribution in [0.5, 0.6) is 0 Å². The van der Waals surface area contributed by atoms with E-state index < -0.39 is 42.6 Å². The lowest BCUT2D eigenvalue weighted by Crippen LogP contribution is -2.45. The van der Waals surface area contributed by atoms with Crippen LogP contribution >= 0.6 is 0 Å². The predicted octanol–water partition coefficient (Wildman–Crippen LogP) is -1.41. The van der Waals surface area contributed by atoms with E-state index in [1.807, 2.05) is 6.07 Å². The highest BCUT2D eigenvalue weighted by Gasteiger charge is 2.44. The second-order valence-electron chi connectivity index (χ2n) is 6.89. The van der Waals surface area contributed by atoms with Crippen LogP contribution < -0.4 is 11.1 Å². The third-order valence-electron chi connectivity index (χ3n) is 4.34. The third-order valence-corrected chi connectivity index (χ3v) is 4.34. The predicted molar refractivity (Wildman–Crippen MR) is 92.1 cm³/mol. The second-order valence-corrected chi connectivity index (χ2v) is 6.89. The molecule has 0 bridgehead atoms. The minimum absolute atomic E-state index is 0.0885. The minimum atomic E-state index is -1.35. The molecule has 1 aliphatic heterocycles. The Morgan fingerprint density at radius 3 is 2.70 bits per heavy atom.